The molecule has 0 unspecified atom stereocenters. The zero-order chi connectivity index (χ0) is 9.26. The van der Waals surface area contributed by atoms with Crippen LogP contribution in [0.25, 0.3) is 16.7 Å². The normalized spacial score (nSPS) is 10.2. The minimum absolute atomic E-state index is 0.643. The van der Waals surface area contributed by atoms with Crippen LogP contribution in [0.4, 0.5) is 0 Å². The van der Waals surface area contributed by atoms with Gasteiger partial charge in [-0.15, -0.1) is 0 Å². The zero-order valence-corrected chi connectivity index (χ0v) is 7.12. The van der Waals surface area contributed by atoms with Gasteiger partial charge in [0.25, 0.3) is 0 Å². The summed E-state index contributed by atoms with van der Waals surface area (Å²) >= 11 is 0. The fourth-order valence-corrected chi connectivity index (χ4v) is 1.18. The van der Waals surface area contributed by atoms with Crippen LogP contribution in [-0.4, -0.2) is 16.7 Å². The first kappa shape index (κ1) is 7.73. The molecule has 0 aliphatic carbocycles. The fraction of sp³-hybridized carbons (Fsp3) is 0. The first-order chi connectivity index (χ1) is 6.31. The molecule has 0 saturated carbocycles. The second-order valence-corrected chi connectivity index (χ2v) is 2.74. The second kappa shape index (κ2) is 2.86. The van der Waals surface area contributed by atoms with Crippen LogP contribution in [0, 0.1) is 0 Å². The SMILES string of the molecule is C=NC(=C)c1cnc2cc[nH]c2c1. The van der Waals surface area contributed by atoms with Gasteiger partial charge in [0.05, 0.1) is 16.7 Å². The summed E-state index contributed by atoms with van der Waals surface area (Å²) in [6.07, 6.45) is 3.60. The monoisotopic (exact) mass is 171 g/mol. The molecular formula is C10H9N3. The van der Waals surface area contributed by atoms with Gasteiger partial charge in [-0.3, -0.25) is 9.98 Å². The van der Waals surface area contributed by atoms with Crippen molar-refractivity contribution in [2.45, 2.75) is 0 Å². The molecule has 0 saturated heterocycles. The number of aromatic amines is 1. The molecule has 2 rings (SSSR count). The summed E-state index contributed by atoms with van der Waals surface area (Å²) in [5.41, 5.74) is 3.47. The van der Waals surface area contributed by atoms with E-state index in [-0.39, 0.29) is 0 Å². The molecule has 0 aromatic carbocycles. The summed E-state index contributed by atoms with van der Waals surface area (Å²) in [4.78, 5) is 11.1. The van der Waals surface area contributed by atoms with E-state index in [0.717, 1.165) is 16.6 Å². The minimum atomic E-state index is 0.643. The predicted molar refractivity (Wildman–Crippen MR) is 54.7 cm³/mol. The lowest BCUT2D eigenvalue weighted by Crippen LogP contribution is -1.82. The van der Waals surface area contributed by atoms with Gasteiger partial charge in [-0.1, -0.05) is 6.58 Å². The highest BCUT2D eigenvalue weighted by atomic mass is 14.8. The molecule has 0 fully saturated rings. The maximum Gasteiger partial charge on any atom is 0.0879 e. The number of hydrogen-bond donors (Lipinski definition) is 1. The number of aliphatic imine (C=N–C) groups is 1. The largest absolute Gasteiger partial charge is 0.360 e. The van der Waals surface area contributed by atoms with Gasteiger partial charge >= 0.3 is 0 Å². The van der Waals surface area contributed by atoms with Crippen LogP contribution in [-0.2, 0) is 0 Å². The molecule has 3 heteroatoms. The Hall–Kier alpha value is -1.90. The molecule has 64 valence electrons. The van der Waals surface area contributed by atoms with E-state index >= 15 is 0 Å². The number of aromatic nitrogens is 2. The lowest BCUT2D eigenvalue weighted by Gasteiger charge is -1.97. The molecule has 0 amide bonds. The Morgan fingerprint density at radius 3 is 3.15 bits per heavy atom. The molecule has 2 heterocycles. The van der Waals surface area contributed by atoms with Gasteiger partial charge in [0.15, 0.2) is 0 Å². The van der Waals surface area contributed by atoms with Gasteiger partial charge in [0.2, 0.25) is 0 Å². The van der Waals surface area contributed by atoms with Crippen molar-refractivity contribution >= 4 is 23.4 Å². The van der Waals surface area contributed by atoms with E-state index in [9.17, 15) is 0 Å². The first-order valence-electron chi connectivity index (χ1n) is 3.90. The molecule has 1 N–H and O–H groups in total. The first-order valence-corrected chi connectivity index (χ1v) is 3.90. The highest BCUT2D eigenvalue weighted by molar-refractivity contribution is 5.79. The summed E-state index contributed by atoms with van der Waals surface area (Å²) in [5, 5.41) is 0. The summed E-state index contributed by atoms with van der Waals surface area (Å²) in [6.45, 7) is 7.17. The van der Waals surface area contributed by atoms with Crippen LogP contribution in [0.3, 0.4) is 0 Å². The Labute approximate surface area is 75.8 Å². The number of H-pyrrole nitrogens is 1. The van der Waals surface area contributed by atoms with E-state index in [4.69, 9.17) is 0 Å². The third-order valence-electron chi connectivity index (χ3n) is 1.92. The Morgan fingerprint density at radius 1 is 1.54 bits per heavy atom. The smallest absolute Gasteiger partial charge is 0.0879 e. The quantitative estimate of drug-likeness (QED) is 0.691. The number of nitrogens with one attached hydrogen (secondary N) is 1. The van der Waals surface area contributed by atoms with Crippen LogP contribution < -0.4 is 0 Å². The molecular weight excluding hydrogens is 162 g/mol. The molecule has 0 aliphatic heterocycles. The fourth-order valence-electron chi connectivity index (χ4n) is 1.18. The molecule has 2 aromatic rings. The average Bonchev–Trinajstić information content (AvgIpc) is 2.63. The lowest BCUT2D eigenvalue weighted by molar-refractivity contribution is 1.37. The second-order valence-electron chi connectivity index (χ2n) is 2.74. The van der Waals surface area contributed by atoms with Gasteiger partial charge < -0.3 is 4.98 Å². The topological polar surface area (TPSA) is 41.0 Å². The summed E-state index contributed by atoms with van der Waals surface area (Å²) in [6, 6.07) is 3.88. The van der Waals surface area contributed by atoms with E-state index in [1.807, 2.05) is 18.3 Å². The number of rotatable bonds is 2. The van der Waals surface area contributed by atoms with Crippen LogP contribution in [0.5, 0.6) is 0 Å². The van der Waals surface area contributed by atoms with E-state index in [0.29, 0.717) is 5.70 Å². The number of nitrogens with zero attached hydrogens (tertiary/aromatic N) is 2. The number of fused-ring (bicyclic) bond motifs is 1. The minimum Gasteiger partial charge on any atom is -0.360 e. The zero-order valence-electron chi connectivity index (χ0n) is 7.12. The highest BCUT2D eigenvalue weighted by Crippen LogP contribution is 2.16. The van der Waals surface area contributed by atoms with Crippen LogP contribution in [0.2, 0.25) is 0 Å². The Bertz CT molecular complexity index is 468. The van der Waals surface area contributed by atoms with Crippen molar-refractivity contribution in [1.82, 2.24) is 9.97 Å². The van der Waals surface area contributed by atoms with Gasteiger partial charge in [0.1, 0.15) is 0 Å². The Balaban J connectivity index is 2.60. The molecule has 2 aromatic heterocycles. The van der Waals surface area contributed by atoms with Crippen molar-refractivity contribution in [3.8, 4) is 0 Å². The van der Waals surface area contributed by atoms with Crippen molar-refractivity contribution in [3.05, 3.63) is 36.7 Å². The van der Waals surface area contributed by atoms with E-state index in [1.54, 1.807) is 6.20 Å². The van der Waals surface area contributed by atoms with Crippen LogP contribution in [0.15, 0.2) is 36.1 Å². The van der Waals surface area contributed by atoms with Crippen molar-refractivity contribution < 1.29 is 0 Å². The van der Waals surface area contributed by atoms with E-state index in [2.05, 4.69) is 28.3 Å². The van der Waals surface area contributed by atoms with Crippen molar-refractivity contribution in [2.75, 3.05) is 0 Å². The Kier molecular flexibility index (Phi) is 1.70. The standard InChI is InChI=1S/C10H9N3/c1-7(11-2)8-5-10-9(13-6-8)3-4-12-10/h3-6,12H,1-2H2. The van der Waals surface area contributed by atoms with Crippen molar-refractivity contribution in [3.63, 3.8) is 0 Å². The number of hydrogen-bond acceptors (Lipinski definition) is 2. The van der Waals surface area contributed by atoms with Crippen LogP contribution in [0.1, 0.15) is 5.56 Å². The summed E-state index contributed by atoms with van der Waals surface area (Å²) in [7, 11) is 0. The van der Waals surface area contributed by atoms with Gasteiger partial charge in [-0.2, -0.15) is 0 Å². The maximum absolute atomic E-state index is 4.23. The third kappa shape index (κ3) is 1.24. The third-order valence-corrected chi connectivity index (χ3v) is 1.92. The Morgan fingerprint density at radius 2 is 2.38 bits per heavy atom. The van der Waals surface area contributed by atoms with Gasteiger partial charge in [-0.25, -0.2) is 0 Å². The molecule has 0 bridgehead atoms. The van der Waals surface area contributed by atoms with E-state index < -0.39 is 0 Å². The molecule has 0 radical (unpaired) electrons. The molecule has 0 spiro atoms. The van der Waals surface area contributed by atoms with Crippen molar-refractivity contribution in [1.29, 1.82) is 0 Å². The van der Waals surface area contributed by atoms with Gasteiger partial charge in [0, 0.05) is 18.0 Å². The summed E-state index contributed by atoms with van der Waals surface area (Å²) in [5.74, 6) is 0. The highest BCUT2D eigenvalue weighted by Gasteiger charge is 1.99. The predicted octanol–water partition coefficient (Wildman–Crippen LogP) is 2.23. The molecule has 0 atom stereocenters. The van der Waals surface area contributed by atoms with Gasteiger partial charge in [-0.05, 0) is 18.9 Å². The molecule has 0 aliphatic rings. The van der Waals surface area contributed by atoms with Crippen LogP contribution >= 0.6 is 0 Å². The lowest BCUT2D eigenvalue weighted by atomic mass is 10.2. The summed E-state index contributed by atoms with van der Waals surface area (Å²) < 4.78 is 0. The maximum atomic E-state index is 4.23. The number of pyridine rings is 1. The average molecular weight is 171 g/mol. The van der Waals surface area contributed by atoms with E-state index in [1.165, 1.54) is 0 Å². The molecule has 3 nitrogen and oxygen atoms in total. The van der Waals surface area contributed by atoms with Crippen molar-refractivity contribution in [2.24, 2.45) is 4.99 Å². The molecule has 13 heavy (non-hydrogen) atoms.